The van der Waals surface area contributed by atoms with Gasteiger partial charge in [0.15, 0.2) is 0 Å². The number of nitrogens with one attached hydrogen (secondary N) is 3. The molecule has 4 saturated carbocycles. The van der Waals surface area contributed by atoms with Crippen molar-refractivity contribution in [3.8, 4) is 5.75 Å². The maximum Gasteiger partial charge on any atom is 0.408 e. The lowest BCUT2D eigenvalue weighted by molar-refractivity contribution is -0.141. The molecule has 7 aliphatic rings. The highest BCUT2D eigenvalue weighted by Crippen LogP contribution is 2.52. The fraction of sp³-hybridized carbons (Fsp3) is 0.643. The number of hydrogen-bond acceptors (Lipinski definition) is 9. The van der Waals surface area contributed by atoms with Gasteiger partial charge in [0.1, 0.15) is 35.1 Å². The summed E-state index contributed by atoms with van der Waals surface area (Å²) >= 11 is 0. The van der Waals surface area contributed by atoms with E-state index in [0.717, 1.165) is 85.7 Å². The molecule has 5 fully saturated rings. The van der Waals surface area contributed by atoms with Crippen molar-refractivity contribution in [3.63, 3.8) is 0 Å². The fourth-order valence-electron chi connectivity index (χ4n) is 9.47. The number of ether oxygens (including phenoxy) is 2. The number of carbonyl (C=O) groups excluding carboxylic acids is 4. The number of rotatable bonds is 6. The number of fused-ring (bicyclic) bond motifs is 5. The van der Waals surface area contributed by atoms with Gasteiger partial charge >= 0.3 is 6.09 Å². The molecular formula is C42H53N5O8S. The Hall–Kier alpha value is -4.20. The summed E-state index contributed by atoms with van der Waals surface area (Å²) in [6.07, 6.45) is 14.6. The summed E-state index contributed by atoms with van der Waals surface area (Å²) in [7, 11) is -3.97. The molecule has 3 N–H and O–H groups in total. The molecule has 1 aromatic heterocycles. The number of carbonyl (C=O) groups is 4. The minimum Gasteiger partial charge on any atom is -0.483 e. The van der Waals surface area contributed by atoms with Crippen molar-refractivity contribution in [2.75, 3.05) is 6.54 Å². The first-order chi connectivity index (χ1) is 26.9. The van der Waals surface area contributed by atoms with Crippen molar-refractivity contribution in [2.45, 2.75) is 156 Å². The number of alkyl carbamates (subject to hydrolysis) is 1. The Kier molecular flexibility index (Phi) is 9.36. The van der Waals surface area contributed by atoms with Crippen LogP contribution < -0.4 is 20.1 Å². The Bertz CT molecular complexity index is 2090. The van der Waals surface area contributed by atoms with E-state index in [1.807, 2.05) is 30.4 Å². The van der Waals surface area contributed by atoms with Crippen LogP contribution in [0.5, 0.6) is 5.75 Å². The minimum atomic E-state index is -3.97. The molecule has 3 aliphatic heterocycles. The number of allylic oxidation sites excluding steroid dienone is 1. The number of amides is 4. The first-order valence-corrected chi connectivity index (χ1v) is 22.3. The summed E-state index contributed by atoms with van der Waals surface area (Å²) in [5.74, 6) is -1.09. The highest BCUT2D eigenvalue weighted by Gasteiger charge is 2.64. The maximum absolute atomic E-state index is 14.9. The molecular weight excluding hydrogens is 735 g/mol. The van der Waals surface area contributed by atoms with E-state index in [1.165, 1.54) is 4.90 Å². The average molecular weight is 788 g/mol. The van der Waals surface area contributed by atoms with Gasteiger partial charge in [-0.3, -0.25) is 19.1 Å². The largest absolute Gasteiger partial charge is 0.483 e. The predicted octanol–water partition coefficient (Wildman–Crippen LogP) is 5.21. The highest BCUT2D eigenvalue weighted by atomic mass is 32.2. The Balaban J connectivity index is 1.05. The lowest BCUT2D eigenvalue weighted by Gasteiger charge is -2.37. The molecule has 0 bridgehead atoms. The van der Waals surface area contributed by atoms with Crippen molar-refractivity contribution in [2.24, 2.45) is 5.92 Å². The number of sulfonamides is 1. The number of para-hydroxylation sites is 1. The van der Waals surface area contributed by atoms with Crippen LogP contribution in [0, 0.1) is 5.92 Å². The molecule has 1 aromatic carbocycles. The van der Waals surface area contributed by atoms with Crippen LogP contribution in [0.2, 0.25) is 0 Å². The van der Waals surface area contributed by atoms with E-state index >= 15 is 0 Å². The second-order valence-corrected chi connectivity index (χ2v) is 20.0. The van der Waals surface area contributed by atoms with E-state index in [-0.39, 0.29) is 31.4 Å². The zero-order valence-electron chi connectivity index (χ0n) is 32.1. The van der Waals surface area contributed by atoms with Crippen molar-refractivity contribution in [1.82, 2.24) is 25.2 Å². The summed E-state index contributed by atoms with van der Waals surface area (Å²) < 4.78 is 40.6. The molecule has 56 heavy (non-hydrogen) atoms. The zero-order chi connectivity index (χ0) is 38.9. The predicted molar refractivity (Wildman–Crippen MR) is 207 cm³/mol. The molecule has 0 radical (unpaired) electrons. The number of hydrogen-bond donors (Lipinski definition) is 3. The SMILES string of the molecule is CC1(S(=O)(=O)NC(=O)[C@@]23C[C@H]2/C=C\CCCCC[C@H](NC(=O)OC2CCCC2)C(=O)N2C[C@@]4(CCc5c(c(C6CC6)nc6ccccc56)O4)C[C@H]2C(=O)N3)CC1. The molecule has 5 atom stereocenters. The van der Waals surface area contributed by atoms with Gasteiger partial charge in [-0.15, -0.1) is 0 Å². The third-order valence-electron chi connectivity index (χ3n) is 13.6. The summed E-state index contributed by atoms with van der Waals surface area (Å²) in [4.78, 5) is 63.5. The van der Waals surface area contributed by atoms with Gasteiger partial charge in [0.05, 0.1) is 22.5 Å². The number of benzene rings is 1. The van der Waals surface area contributed by atoms with Crippen molar-refractivity contribution in [3.05, 3.63) is 47.7 Å². The van der Waals surface area contributed by atoms with Crippen LogP contribution in [0.3, 0.4) is 0 Å². The van der Waals surface area contributed by atoms with Crippen LogP contribution in [0.15, 0.2) is 36.4 Å². The quantitative estimate of drug-likeness (QED) is 0.333. The van der Waals surface area contributed by atoms with Gasteiger partial charge in [0.25, 0.3) is 5.91 Å². The Morgan fingerprint density at radius 1 is 0.982 bits per heavy atom. The summed E-state index contributed by atoms with van der Waals surface area (Å²) in [5, 5.41) is 6.91. The summed E-state index contributed by atoms with van der Waals surface area (Å²) in [6.45, 7) is 1.72. The molecule has 4 amide bonds. The van der Waals surface area contributed by atoms with Gasteiger partial charge in [-0.25, -0.2) is 18.2 Å². The third kappa shape index (κ3) is 6.93. The van der Waals surface area contributed by atoms with Crippen LogP contribution >= 0.6 is 0 Å². The van der Waals surface area contributed by atoms with E-state index in [2.05, 4.69) is 21.4 Å². The monoisotopic (exact) mass is 787 g/mol. The van der Waals surface area contributed by atoms with Gasteiger partial charge in [0.2, 0.25) is 21.8 Å². The van der Waals surface area contributed by atoms with Crippen LogP contribution in [-0.4, -0.2) is 82.7 Å². The molecule has 0 unspecified atom stereocenters. The zero-order valence-corrected chi connectivity index (χ0v) is 33.0. The highest BCUT2D eigenvalue weighted by molar-refractivity contribution is 7.91. The molecule has 4 aliphatic carbocycles. The molecule has 13 nitrogen and oxygen atoms in total. The maximum atomic E-state index is 14.9. The topological polar surface area (TPSA) is 173 Å². The second kappa shape index (κ2) is 14.0. The first kappa shape index (κ1) is 37.4. The minimum absolute atomic E-state index is 0.103. The van der Waals surface area contributed by atoms with Crippen molar-refractivity contribution < 1.29 is 37.1 Å². The van der Waals surface area contributed by atoms with Gasteiger partial charge < -0.3 is 25.0 Å². The van der Waals surface area contributed by atoms with Gasteiger partial charge in [-0.05, 0) is 103 Å². The van der Waals surface area contributed by atoms with Crippen LogP contribution in [0.4, 0.5) is 4.79 Å². The standard InChI is InChI=1S/C42H53N5O8S/c1-40(21-22-40)56(52,53)46-38(50)42-23-27(42)11-5-3-2-4-6-16-32(44-39(51)54-28-12-7-8-13-28)37(49)47-25-41(24-33(47)36(48)45-42)20-19-30-29-14-9-10-15-31(29)43-34(26-17-18-26)35(30)55-41/h5,9-11,14-15,26-28,32-33H,2-4,6-8,12-13,16-25H2,1H3,(H,44,51)(H,45,48)(H,46,50)/b11-5-/t27-,32+,33+,41-,42-/m1/s1. The van der Waals surface area contributed by atoms with E-state index < -0.39 is 67.7 Å². The summed E-state index contributed by atoms with van der Waals surface area (Å²) in [6, 6.07) is 6.08. The van der Waals surface area contributed by atoms with Gasteiger partial charge in [-0.2, -0.15) is 0 Å². The smallest absolute Gasteiger partial charge is 0.408 e. The normalized spacial score (nSPS) is 32.2. The lowest BCUT2D eigenvalue weighted by atomic mass is 9.86. The first-order valence-electron chi connectivity index (χ1n) is 20.8. The molecule has 1 spiro atoms. The van der Waals surface area contributed by atoms with Gasteiger partial charge in [0, 0.05) is 29.2 Å². The average Bonchev–Trinajstić information content (AvgIpc) is 4.14. The van der Waals surface area contributed by atoms with E-state index in [0.29, 0.717) is 38.5 Å². The molecule has 4 heterocycles. The Morgan fingerprint density at radius 3 is 2.52 bits per heavy atom. The number of aromatic nitrogens is 1. The Morgan fingerprint density at radius 2 is 1.75 bits per heavy atom. The van der Waals surface area contributed by atoms with Crippen molar-refractivity contribution >= 4 is 44.7 Å². The van der Waals surface area contributed by atoms with E-state index in [1.54, 1.807) is 6.92 Å². The molecule has 14 heteroatoms. The van der Waals surface area contributed by atoms with Crippen LogP contribution in [-0.2, 0) is 35.6 Å². The fourth-order valence-corrected chi connectivity index (χ4v) is 10.8. The van der Waals surface area contributed by atoms with Crippen molar-refractivity contribution in [1.29, 1.82) is 0 Å². The van der Waals surface area contributed by atoms with Crippen LogP contribution in [0.1, 0.15) is 127 Å². The number of pyridine rings is 1. The third-order valence-corrected chi connectivity index (χ3v) is 15.7. The molecule has 1 saturated heterocycles. The van der Waals surface area contributed by atoms with Gasteiger partial charge in [-0.1, -0.05) is 43.2 Å². The van der Waals surface area contributed by atoms with Crippen LogP contribution in [0.25, 0.3) is 10.9 Å². The van der Waals surface area contributed by atoms with E-state index in [4.69, 9.17) is 14.5 Å². The molecule has 9 rings (SSSR count). The lowest BCUT2D eigenvalue weighted by Crippen LogP contribution is -2.58. The van der Waals surface area contributed by atoms with E-state index in [9.17, 15) is 27.6 Å². The summed E-state index contributed by atoms with van der Waals surface area (Å²) in [5.41, 5.74) is 0.517. The molecule has 300 valence electrons. The Labute approximate surface area is 328 Å². The molecule has 2 aromatic rings. The number of nitrogens with zero attached hydrogens (tertiary/aromatic N) is 2. The number of aryl methyl sites for hydroxylation is 1. The second-order valence-electron chi connectivity index (χ2n) is 17.8.